The van der Waals surface area contributed by atoms with Gasteiger partial charge in [-0.3, -0.25) is 4.79 Å². The molecule has 0 bridgehead atoms. The van der Waals surface area contributed by atoms with E-state index in [0.717, 1.165) is 11.3 Å². The van der Waals surface area contributed by atoms with Crippen molar-refractivity contribution in [2.45, 2.75) is 6.42 Å². The molecule has 3 nitrogen and oxygen atoms in total. The van der Waals surface area contributed by atoms with Gasteiger partial charge >= 0.3 is 5.97 Å². The van der Waals surface area contributed by atoms with Crippen LogP contribution in [0.4, 0.5) is 0 Å². The van der Waals surface area contributed by atoms with E-state index in [0.29, 0.717) is 6.61 Å². The molecule has 0 atom stereocenters. The molecule has 2 aromatic rings. The number of benzene rings is 2. The van der Waals surface area contributed by atoms with E-state index in [2.05, 4.69) is 16.9 Å². The molecule has 0 aliphatic heterocycles. The number of carbonyl (C=O) groups is 1. The van der Waals surface area contributed by atoms with Crippen molar-refractivity contribution in [3.8, 4) is 16.9 Å². The fourth-order valence-electron chi connectivity index (χ4n) is 1.73. The van der Waals surface area contributed by atoms with Gasteiger partial charge in [-0.2, -0.15) is 0 Å². The van der Waals surface area contributed by atoms with Crippen molar-refractivity contribution in [3.05, 3.63) is 54.6 Å². The average Bonchev–Trinajstić information content (AvgIpc) is 2.48. The van der Waals surface area contributed by atoms with Crippen LogP contribution < -0.4 is 4.74 Å². The third kappa shape index (κ3) is 3.85. The molecule has 0 saturated carbocycles. The summed E-state index contributed by atoms with van der Waals surface area (Å²) in [5, 5.41) is 0. The molecule has 0 amide bonds. The summed E-state index contributed by atoms with van der Waals surface area (Å²) >= 11 is 0. The summed E-state index contributed by atoms with van der Waals surface area (Å²) in [5.41, 5.74) is 2.31. The third-order valence-electron chi connectivity index (χ3n) is 2.76. The first-order valence-electron chi connectivity index (χ1n) is 6.14. The van der Waals surface area contributed by atoms with Crippen LogP contribution in [0, 0.1) is 0 Å². The highest BCUT2D eigenvalue weighted by Crippen LogP contribution is 2.22. The van der Waals surface area contributed by atoms with Gasteiger partial charge in [0.1, 0.15) is 5.75 Å². The first kappa shape index (κ1) is 13.1. The van der Waals surface area contributed by atoms with Gasteiger partial charge in [-0.1, -0.05) is 42.5 Å². The van der Waals surface area contributed by atoms with Gasteiger partial charge in [0.05, 0.1) is 20.1 Å². The number of rotatable bonds is 5. The fraction of sp³-hybridized carbons (Fsp3) is 0.188. The molecule has 3 heteroatoms. The van der Waals surface area contributed by atoms with Gasteiger partial charge in [0.15, 0.2) is 0 Å². The average molecular weight is 256 g/mol. The van der Waals surface area contributed by atoms with E-state index in [1.165, 1.54) is 12.7 Å². The van der Waals surface area contributed by atoms with Crippen molar-refractivity contribution in [2.75, 3.05) is 13.7 Å². The molecule has 0 aliphatic carbocycles. The SMILES string of the molecule is COC(=O)CCOc1ccc(-c2ccccc2)cc1. The van der Waals surface area contributed by atoms with Gasteiger partial charge in [0.2, 0.25) is 0 Å². The lowest BCUT2D eigenvalue weighted by molar-refractivity contribution is -0.141. The molecule has 0 unspecified atom stereocenters. The monoisotopic (exact) mass is 256 g/mol. The van der Waals surface area contributed by atoms with Crippen LogP contribution in [-0.4, -0.2) is 19.7 Å². The molecule has 0 heterocycles. The van der Waals surface area contributed by atoms with Gasteiger partial charge in [0, 0.05) is 0 Å². The molecule has 0 fully saturated rings. The Balaban J connectivity index is 1.94. The number of ether oxygens (including phenoxy) is 2. The molecular weight excluding hydrogens is 240 g/mol. The Morgan fingerprint density at radius 3 is 2.21 bits per heavy atom. The number of methoxy groups -OCH3 is 1. The molecule has 0 saturated heterocycles. The second kappa shape index (κ2) is 6.59. The van der Waals surface area contributed by atoms with Crippen molar-refractivity contribution in [2.24, 2.45) is 0 Å². The van der Waals surface area contributed by atoms with Crippen LogP contribution in [0.15, 0.2) is 54.6 Å². The normalized spacial score (nSPS) is 9.95. The van der Waals surface area contributed by atoms with E-state index in [-0.39, 0.29) is 12.4 Å². The topological polar surface area (TPSA) is 35.5 Å². The van der Waals surface area contributed by atoms with Crippen molar-refractivity contribution >= 4 is 5.97 Å². The maximum atomic E-state index is 10.9. The van der Waals surface area contributed by atoms with Crippen molar-refractivity contribution in [1.82, 2.24) is 0 Å². The predicted octanol–water partition coefficient (Wildman–Crippen LogP) is 3.30. The van der Waals surface area contributed by atoms with E-state index in [1.54, 1.807) is 0 Å². The molecule has 2 rings (SSSR count). The molecule has 0 radical (unpaired) electrons. The van der Waals surface area contributed by atoms with E-state index in [9.17, 15) is 4.79 Å². The standard InChI is InChI=1S/C16H16O3/c1-18-16(17)11-12-19-15-9-7-14(8-10-15)13-5-3-2-4-6-13/h2-10H,11-12H2,1H3. The van der Waals surface area contributed by atoms with Crippen molar-refractivity contribution in [1.29, 1.82) is 0 Å². The summed E-state index contributed by atoms with van der Waals surface area (Å²) < 4.78 is 10.0. The van der Waals surface area contributed by atoms with Crippen LogP contribution in [0.3, 0.4) is 0 Å². The Kier molecular flexibility index (Phi) is 4.56. The Morgan fingerprint density at radius 2 is 1.58 bits per heavy atom. The lowest BCUT2D eigenvalue weighted by atomic mass is 10.1. The molecule has 98 valence electrons. The summed E-state index contributed by atoms with van der Waals surface area (Å²) in [6, 6.07) is 17.9. The summed E-state index contributed by atoms with van der Waals surface area (Å²) in [7, 11) is 1.37. The van der Waals surface area contributed by atoms with Gasteiger partial charge < -0.3 is 9.47 Å². The first-order chi connectivity index (χ1) is 9.29. The number of hydrogen-bond donors (Lipinski definition) is 0. The minimum atomic E-state index is -0.263. The van der Waals surface area contributed by atoms with Crippen LogP contribution in [-0.2, 0) is 9.53 Å². The summed E-state index contributed by atoms with van der Waals surface area (Å²) in [5.74, 6) is 0.490. The second-order valence-corrected chi connectivity index (χ2v) is 4.06. The van der Waals surface area contributed by atoms with Crippen molar-refractivity contribution in [3.63, 3.8) is 0 Å². The van der Waals surface area contributed by atoms with E-state index in [1.807, 2.05) is 42.5 Å². The lowest BCUT2D eigenvalue weighted by Gasteiger charge is -2.06. The van der Waals surface area contributed by atoms with Gasteiger partial charge in [0.25, 0.3) is 0 Å². The maximum Gasteiger partial charge on any atom is 0.308 e. The molecular formula is C16H16O3. The van der Waals surface area contributed by atoms with E-state index < -0.39 is 0 Å². The highest BCUT2D eigenvalue weighted by molar-refractivity contribution is 5.69. The van der Waals surface area contributed by atoms with E-state index in [4.69, 9.17) is 4.74 Å². The Hall–Kier alpha value is -2.29. The van der Waals surface area contributed by atoms with Crippen molar-refractivity contribution < 1.29 is 14.3 Å². The van der Waals surface area contributed by atoms with E-state index >= 15 is 0 Å². The van der Waals surface area contributed by atoms with Gasteiger partial charge in [-0.25, -0.2) is 0 Å². The number of hydrogen-bond acceptors (Lipinski definition) is 3. The minimum absolute atomic E-state index is 0.261. The minimum Gasteiger partial charge on any atom is -0.493 e. The highest BCUT2D eigenvalue weighted by Gasteiger charge is 2.01. The largest absolute Gasteiger partial charge is 0.493 e. The zero-order chi connectivity index (χ0) is 13.5. The molecule has 0 aromatic heterocycles. The summed E-state index contributed by atoms with van der Waals surface area (Å²) in [6.07, 6.45) is 0.261. The first-order valence-corrected chi connectivity index (χ1v) is 6.14. The quantitative estimate of drug-likeness (QED) is 0.770. The maximum absolute atomic E-state index is 10.9. The molecule has 2 aromatic carbocycles. The van der Waals surface area contributed by atoms with Gasteiger partial charge in [-0.05, 0) is 23.3 Å². The van der Waals surface area contributed by atoms with Crippen LogP contribution in [0.25, 0.3) is 11.1 Å². The van der Waals surface area contributed by atoms with Gasteiger partial charge in [-0.15, -0.1) is 0 Å². The zero-order valence-corrected chi connectivity index (χ0v) is 10.8. The zero-order valence-electron chi connectivity index (χ0n) is 10.8. The van der Waals surface area contributed by atoms with Crippen LogP contribution in [0.2, 0.25) is 0 Å². The number of esters is 1. The Bertz CT molecular complexity index is 517. The molecule has 0 spiro atoms. The third-order valence-corrected chi connectivity index (χ3v) is 2.76. The summed E-state index contributed by atoms with van der Waals surface area (Å²) in [6.45, 7) is 0.331. The Labute approximate surface area is 112 Å². The highest BCUT2D eigenvalue weighted by atomic mass is 16.5. The molecule has 0 aliphatic rings. The summed E-state index contributed by atoms with van der Waals surface area (Å²) in [4.78, 5) is 10.9. The lowest BCUT2D eigenvalue weighted by Crippen LogP contribution is -2.07. The predicted molar refractivity (Wildman–Crippen MR) is 74.0 cm³/mol. The van der Waals surface area contributed by atoms with Crippen LogP contribution in [0.1, 0.15) is 6.42 Å². The second-order valence-electron chi connectivity index (χ2n) is 4.06. The Morgan fingerprint density at radius 1 is 0.947 bits per heavy atom. The smallest absolute Gasteiger partial charge is 0.308 e. The molecule has 0 N–H and O–H groups in total. The number of carbonyl (C=O) groups excluding carboxylic acids is 1. The molecule has 19 heavy (non-hydrogen) atoms. The van der Waals surface area contributed by atoms with Crippen LogP contribution in [0.5, 0.6) is 5.75 Å². The fourth-order valence-corrected chi connectivity index (χ4v) is 1.73. The van der Waals surface area contributed by atoms with Crippen LogP contribution >= 0.6 is 0 Å².